The molecule has 3 aromatic rings. The van der Waals surface area contributed by atoms with E-state index in [9.17, 15) is 27.9 Å². The van der Waals surface area contributed by atoms with Crippen LogP contribution < -0.4 is 16.0 Å². The van der Waals surface area contributed by atoms with Crippen molar-refractivity contribution in [2.75, 3.05) is 74.9 Å². The number of pyridine rings is 1. The number of likely N-dealkylation sites (tertiary alicyclic amines) is 2. The van der Waals surface area contributed by atoms with Crippen molar-refractivity contribution in [3.05, 3.63) is 47.3 Å². The number of piperidine rings is 2. The Morgan fingerprint density at radius 3 is 2.24 bits per heavy atom. The molecule has 1 saturated carbocycles. The maximum atomic E-state index is 13.6. The van der Waals surface area contributed by atoms with Crippen LogP contribution in [0, 0.1) is 24.2 Å². The van der Waals surface area contributed by atoms with Gasteiger partial charge in [-0.05, 0) is 119 Å². The number of nitrogens with two attached hydrogens (primary N) is 1. The molecule has 1 aliphatic carbocycles. The van der Waals surface area contributed by atoms with Gasteiger partial charge in [0.25, 0.3) is 0 Å². The Bertz CT molecular complexity index is 1830. The van der Waals surface area contributed by atoms with Crippen LogP contribution in [0.3, 0.4) is 0 Å². The molecule has 1 aromatic carbocycles. The standard InChI is InChI=1S/C39H52F3N9O3/c1-25(29-19-30(39(40,41)42)21-31(43)20-29)45-35-32-22-34(44-23-33(32)26(2)46-47-35)49-15-17-50(18-16-49)36(52)28-5-11-48(12-6-28)24-27-3-7-38(8-4-27)9-13-51(14-10-38)37(53)54/h19-23,25,27-28H,3-18,24,43H2,1-2H3,(H,45,47)(H,53,54)/t25-/m1/s1. The number of aryl methyl sites for hydroxylation is 1. The first kappa shape index (κ1) is 37.9. The molecule has 2 amide bonds. The number of aromatic nitrogens is 3. The first-order chi connectivity index (χ1) is 25.8. The van der Waals surface area contributed by atoms with Gasteiger partial charge in [0.05, 0.1) is 17.3 Å². The molecule has 4 N–H and O–H groups in total. The fraction of sp³-hybridized carbons (Fsp3) is 0.615. The number of nitrogens with one attached hydrogen (secondary N) is 1. The first-order valence-electron chi connectivity index (χ1n) is 19.4. The minimum absolute atomic E-state index is 0.0328. The van der Waals surface area contributed by atoms with Crippen molar-refractivity contribution in [1.82, 2.24) is 29.9 Å². The first-order valence-corrected chi connectivity index (χ1v) is 19.4. The molecule has 292 valence electrons. The molecule has 3 aliphatic heterocycles. The predicted octanol–water partition coefficient (Wildman–Crippen LogP) is 6.42. The molecule has 2 aromatic heterocycles. The van der Waals surface area contributed by atoms with Crippen LogP contribution in [-0.4, -0.2) is 106 Å². The number of hydrogen-bond donors (Lipinski definition) is 3. The van der Waals surface area contributed by atoms with Crippen molar-refractivity contribution >= 4 is 40.1 Å². The highest BCUT2D eigenvalue weighted by Crippen LogP contribution is 2.46. The fourth-order valence-corrected chi connectivity index (χ4v) is 9.11. The molecule has 5 heterocycles. The van der Waals surface area contributed by atoms with Crippen molar-refractivity contribution in [3.63, 3.8) is 0 Å². The third-order valence-electron chi connectivity index (χ3n) is 12.6. The summed E-state index contributed by atoms with van der Waals surface area (Å²) < 4.78 is 40.5. The molecule has 4 fully saturated rings. The van der Waals surface area contributed by atoms with Gasteiger partial charge in [0.2, 0.25) is 5.91 Å². The number of benzene rings is 1. The highest BCUT2D eigenvalue weighted by atomic mass is 19.4. The fourth-order valence-electron chi connectivity index (χ4n) is 9.11. The van der Waals surface area contributed by atoms with Crippen molar-refractivity contribution in [2.45, 2.75) is 77.4 Å². The Hall–Kier alpha value is -4.40. The molecule has 12 nitrogen and oxygen atoms in total. The van der Waals surface area contributed by atoms with Gasteiger partial charge in [-0.2, -0.15) is 18.3 Å². The van der Waals surface area contributed by atoms with Crippen molar-refractivity contribution in [1.29, 1.82) is 0 Å². The average molecular weight is 752 g/mol. The zero-order valence-corrected chi connectivity index (χ0v) is 31.2. The lowest BCUT2D eigenvalue weighted by Crippen LogP contribution is -2.52. The third-order valence-corrected chi connectivity index (χ3v) is 12.6. The molecule has 0 unspecified atom stereocenters. The molecule has 0 bridgehead atoms. The number of piperazine rings is 1. The molecule has 1 spiro atoms. The lowest BCUT2D eigenvalue weighted by molar-refractivity contribution is -0.138. The zero-order valence-electron chi connectivity index (χ0n) is 31.2. The summed E-state index contributed by atoms with van der Waals surface area (Å²) in [6, 6.07) is 4.95. The normalized spacial score (nSPS) is 21.1. The largest absolute Gasteiger partial charge is 0.465 e. The molecule has 7 rings (SSSR count). The van der Waals surface area contributed by atoms with Gasteiger partial charge >= 0.3 is 12.3 Å². The summed E-state index contributed by atoms with van der Waals surface area (Å²) in [7, 11) is 0. The molecule has 4 aliphatic rings. The van der Waals surface area contributed by atoms with Gasteiger partial charge in [-0.25, -0.2) is 9.78 Å². The molecule has 54 heavy (non-hydrogen) atoms. The summed E-state index contributed by atoms with van der Waals surface area (Å²) in [5.74, 6) is 2.15. The average Bonchev–Trinajstić information content (AvgIpc) is 3.16. The van der Waals surface area contributed by atoms with Gasteiger partial charge in [-0.3, -0.25) is 4.79 Å². The van der Waals surface area contributed by atoms with Gasteiger partial charge in [-0.1, -0.05) is 0 Å². The lowest BCUT2D eigenvalue weighted by atomic mass is 9.65. The van der Waals surface area contributed by atoms with E-state index in [0.29, 0.717) is 67.7 Å². The van der Waals surface area contributed by atoms with Gasteiger partial charge in [-0.15, -0.1) is 5.10 Å². The Balaban J connectivity index is 0.903. The number of hydrogen-bond acceptors (Lipinski definition) is 9. The smallest absolute Gasteiger partial charge is 0.416 e. The van der Waals surface area contributed by atoms with Gasteiger partial charge in [0.15, 0.2) is 5.82 Å². The summed E-state index contributed by atoms with van der Waals surface area (Å²) in [5.41, 5.74) is 6.46. The highest BCUT2D eigenvalue weighted by molar-refractivity contribution is 5.94. The predicted molar refractivity (Wildman–Crippen MR) is 201 cm³/mol. The van der Waals surface area contributed by atoms with Crippen LogP contribution in [0.5, 0.6) is 0 Å². The Morgan fingerprint density at radius 2 is 1.59 bits per heavy atom. The Labute approximate surface area is 314 Å². The van der Waals surface area contributed by atoms with Gasteiger partial charge in [0, 0.05) is 74.4 Å². The van der Waals surface area contributed by atoms with Gasteiger partial charge in [0.1, 0.15) is 5.82 Å². The maximum Gasteiger partial charge on any atom is 0.416 e. The number of nitrogen functional groups attached to an aromatic ring is 1. The van der Waals surface area contributed by atoms with Crippen molar-refractivity contribution in [2.24, 2.45) is 17.3 Å². The number of carbonyl (C=O) groups excluding carboxylic acids is 1. The van der Waals surface area contributed by atoms with Crippen LogP contribution in [0.1, 0.15) is 81.2 Å². The second kappa shape index (κ2) is 15.4. The van der Waals surface area contributed by atoms with E-state index in [-0.39, 0.29) is 17.5 Å². The number of nitrogens with zero attached hydrogens (tertiary/aromatic N) is 7. The van der Waals surface area contributed by atoms with Crippen LogP contribution in [0.4, 0.5) is 35.3 Å². The minimum Gasteiger partial charge on any atom is -0.465 e. The number of anilines is 3. The van der Waals surface area contributed by atoms with E-state index in [1.807, 2.05) is 17.9 Å². The number of halogens is 3. The number of carboxylic acid groups (broad SMARTS) is 1. The second-order valence-electron chi connectivity index (χ2n) is 16.1. The maximum absolute atomic E-state index is 13.6. The Morgan fingerprint density at radius 1 is 0.907 bits per heavy atom. The SMILES string of the molecule is Cc1nnc(N[C@H](C)c2cc(N)cc(C(F)(F)F)c2)c2cc(N3CCN(C(=O)C4CCN(CC5CCC6(CC5)CCN(C(=O)O)CC6)CC4)CC3)ncc12. The highest BCUT2D eigenvalue weighted by Gasteiger charge is 2.40. The summed E-state index contributed by atoms with van der Waals surface area (Å²) in [6.07, 6.45) is 5.02. The second-order valence-corrected chi connectivity index (χ2v) is 16.1. The summed E-state index contributed by atoms with van der Waals surface area (Å²) in [6.45, 7) is 10.4. The number of alkyl halides is 3. The number of rotatable bonds is 7. The summed E-state index contributed by atoms with van der Waals surface area (Å²) in [5, 5.41) is 22.7. The van der Waals surface area contributed by atoms with Crippen LogP contribution in [0.2, 0.25) is 0 Å². The monoisotopic (exact) mass is 751 g/mol. The van der Waals surface area contributed by atoms with Crippen molar-refractivity contribution < 1.29 is 27.9 Å². The van der Waals surface area contributed by atoms with Crippen LogP contribution in [0.15, 0.2) is 30.5 Å². The van der Waals surface area contributed by atoms with E-state index < -0.39 is 23.9 Å². The number of amides is 2. The molecular formula is C39H52F3N9O3. The van der Waals surface area contributed by atoms with Crippen LogP contribution >= 0.6 is 0 Å². The van der Waals surface area contributed by atoms with E-state index in [0.717, 1.165) is 74.0 Å². The minimum atomic E-state index is -4.51. The molecule has 3 saturated heterocycles. The van der Waals surface area contributed by atoms with E-state index >= 15 is 0 Å². The van der Waals surface area contributed by atoms with Crippen molar-refractivity contribution in [3.8, 4) is 0 Å². The Kier molecular flexibility index (Phi) is 10.8. The van der Waals surface area contributed by atoms with Gasteiger partial charge < -0.3 is 35.8 Å². The topological polar surface area (TPSA) is 144 Å². The molecular weight excluding hydrogens is 699 g/mol. The van der Waals surface area contributed by atoms with Crippen LogP contribution in [0.25, 0.3) is 10.8 Å². The summed E-state index contributed by atoms with van der Waals surface area (Å²) in [4.78, 5) is 38.0. The zero-order chi connectivity index (χ0) is 38.2. The van der Waals surface area contributed by atoms with Crippen LogP contribution in [-0.2, 0) is 11.0 Å². The van der Waals surface area contributed by atoms with E-state index in [1.54, 1.807) is 18.0 Å². The third kappa shape index (κ3) is 8.30. The number of carbonyl (C=O) groups is 2. The summed E-state index contributed by atoms with van der Waals surface area (Å²) >= 11 is 0. The quantitative estimate of drug-likeness (QED) is 0.232. The molecule has 0 radical (unpaired) electrons. The lowest BCUT2D eigenvalue weighted by Gasteiger charge is -2.46. The van der Waals surface area contributed by atoms with E-state index in [4.69, 9.17) is 10.7 Å². The van der Waals surface area contributed by atoms with E-state index in [2.05, 4.69) is 25.3 Å². The molecule has 15 heteroatoms. The van der Waals surface area contributed by atoms with E-state index in [1.165, 1.54) is 31.7 Å². The molecule has 1 atom stereocenters. The number of fused-ring (bicyclic) bond motifs is 1.